The minimum Gasteiger partial charge on any atom is -0.447 e. The fourth-order valence-electron chi connectivity index (χ4n) is 1.93. The summed E-state index contributed by atoms with van der Waals surface area (Å²) in [5.41, 5.74) is 2.58. The summed E-state index contributed by atoms with van der Waals surface area (Å²) in [7, 11) is 0. The van der Waals surface area contributed by atoms with E-state index in [0.717, 1.165) is 5.69 Å². The number of nitriles is 1. The van der Waals surface area contributed by atoms with E-state index in [-0.39, 0.29) is 6.61 Å². The van der Waals surface area contributed by atoms with Crippen LogP contribution in [0.25, 0.3) is 5.69 Å². The number of carbonyl (C=O) groups excluding carboxylic acids is 1. The predicted molar refractivity (Wildman–Crippen MR) is 68.9 cm³/mol. The van der Waals surface area contributed by atoms with Crippen LogP contribution >= 0.6 is 0 Å². The third kappa shape index (κ3) is 2.47. The summed E-state index contributed by atoms with van der Waals surface area (Å²) in [6.45, 7) is 3.29. The molecule has 0 aliphatic heterocycles. The quantitative estimate of drug-likeness (QED) is 0.788. The lowest BCUT2D eigenvalue weighted by Crippen LogP contribution is -2.08. The van der Waals surface area contributed by atoms with Crippen LogP contribution < -0.4 is 0 Å². The Labute approximate surface area is 111 Å². The van der Waals surface area contributed by atoms with Crippen LogP contribution in [0.2, 0.25) is 0 Å². The van der Waals surface area contributed by atoms with Gasteiger partial charge in [-0.1, -0.05) is 18.2 Å². The van der Waals surface area contributed by atoms with Crippen molar-refractivity contribution in [3.63, 3.8) is 0 Å². The zero-order valence-corrected chi connectivity index (χ0v) is 10.8. The van der Waals surface area contributed by atoms with E-state index in [1.54, 1.807) is 24.6 Å². The third-order valence-electron chi connectivity index (χ3n) is 2.76. The van der Waals surface area contributed by atoms with Crippen molar-refractivity contribution < 1.29 is 9.53 Å². The maximum Gasteiger partial charge on any atom is 0.342 e. The van der Waals surface area contributed by atoms with Crippen molar-refractivity contribution in [1.82, 2.24) is 9.78 Å². The van der Waals surface area contributed by atoms with E-state index in [1.807, 2.05) is 30.3 Å². The first-order chi connectivity index (χ1) is 9.15. The van der Waals surface area contributed by atoms with E-state index in [1.165, 1.54) is 0 Å². The van der Waals surface area contributed by atoms with Gasteiger partial charge < -0.3 is 4.74 Å². The van der Waals surface area contributed by atoms with Gasteiger partial charge in [0.25, 0.3) is 0 Å². The summed E-state index contributed by atoms with van der Waals surface area (Å²) in [4.78, 5) is 11.9. The molecule has 0 N–H and O–H groups in total. The fraction of sp³-hybridized carbons (Fsp3) is 0.214. The molecule has 0 atom stereocenters. The first kappa shape index (κ1) is 12.8. The number of para-hydroxylation sites is 1. The van der Waals surface area contributed by atoms with Crippen molar-refractivity contribution >= 4 is 5.97 Å². The number of nitrogens with zero attached hydrogens (tertiary/aromatic N) is 3. The van der Waals surface area contributed by atoms with Crippen LogP contribution in [0.3, 0.4) is 0 Å². The Kier molecular flexibility index (Phi) is 3.62. The number of rotatable bonds is 3. The molecule has 96 valence electrons. The van der Waals surface area contributed by atoms with Gasteiger partial charge in [-0.2, -0.15) is 10.4 Å². The summed E-state index contributed by atoms with van der Waals surface area (Å²) < 4.78 is 6.53. The minimum absolute atomic E-state index is 0.256. The molecule has 1 aromatic heterocycles. The standard InChI is InChI=1S/C14H13N3O2/c1-10-13(14(18)19-9-8-15)11(2)17(16-10)12-6-4-3-5-7-12/h3-7H,9H2,1-2H3. The average molecular weight is 255 g/mol. The van der Waals surface area contributed by atoms with Crippen molar-refractivity contribution in [2.75, 3.05) is 6.61 Å². The molecule has 5 heteroatoms. The SMILES string of the molecule is Cc1nn(-c2ccccc2)c(C)c1C(=O)OCC#N. The van der Waals surface area contributed by atoms with Crippen molar-refractivity contribution in [3.05, 3.63) is 47.3 Å². The number of aryl methyl sites for hydroxylation is 1. The largest absolute Gasteiger partial charge is 0.447 e. The Hall–Kier alpha value is -2.61. The molecule has 0 amide bonds. The van der Waals surface area contributed by atoms with E-state index in [9.17, 15) is 4.79 Å². The Morgan fingerprint density at radius 1 is 1.37 bits per heavy atom. The summed E-state index contributed by atoms with van der Waals surface area (Å²) in [6.07, 6.45) is 0. The number of carbonyl (C=O) groups is 1. The second-order valence-electron chi connectivity index (χ2n) is 4.03. The van der Waals surface area contributed by atoms with Crippen molar-refractivity contribution in [2.45, 2.75) is 13.8 Å². The molecule has 0 bridgehead atoms. The van der Waals surface area contributed by atoms with Crippen LogP contribution in [0, 0.1) is 25.2 Å². The van der Waals surface area contributed by atoms with Gasteiger partial charge in [0.2, 0.25) is 0 Å². The molecule has 1 aromatic carbocycles. The van der Waals surface area contributed by atoms with Crippen LogP contribution in [0.5, 0.6) is 0 Å². The molecule has 19 heavy (non-hydrogen) atoms. The molecule has 0 saturated heterocycles. The molecule has 5 nitrogen and oxygen atoms in total. The van der Waals surface area contributed by atoms with Crippen LogP contribution in [-0.4, -0.2) is 22.4 Å². The molecule has 0 radical (unpaired) electrons. The van der Waals surface area contributed by atoms with Gasteiger partial charge in [-0.05, 0) is 26.0 Å². The van der Waals surface area contributed by atoms with Gasteiger partial charge in [-0.3, -0.25) is 0 Å². The molecule has 0 fully saturated rings. The van der Waals surface area contributed by atoms with Crippen LogP contribution in [0.4, 0.5) is 0 Å². The lowest BCUT2D eigenvalue weighted by Gasteiger charge is -2.04. The highest BCUT2D eigenvalue weighted by atomic mass is 16.5. The maximum absolute atomic E-state index is 11.9. The van der Waals surface area contributed by atoms with Gasteiger partial charge in [0.15, 0.2) is 6.61 Å². The van der Waals surface area contributed by atoms with E-state index in [0.29, 0.717) is 17.0 Å². The first-order valence-electron chi connectivity index (χ1n) is 5.81. The smallest absolute Gasteiger partial charge is 0.342 e. The van der Waals surface area contributed by atoms with Gasteiger partial charge in [-0.15, -0.1) is 0 Å². The number of hydrogen-bond acceptors (Lipinski definition) is 4. The van der Waals surface area contributed by atoms with Gasteiger partial charge in [0, 0.05) is 0 Å². The lowest BCUT2D eigenvalue weighted by atomic mass is 10.2. The highest BCUT2D eigenvalue weighted by molar-refractivity contribution is 5.92. The number of ether oxygens (including phenoxy) is 1. The zero-order chi connectivity index (χ0) is 13.8. The van der Waals surface area contributed by atoms with E-state index in [4.69, 9.17) is 10.00 Å². The number of aromatic nitrogens is 2. The second kappa shape index (κ2) is 5.36. The molecule has 0 aliphatic rings. The van der Waals surface area contributed by atoms with Crippen LogP contribution in [0.1, 0.15) is 21.7 Å². The number of hydrogen-bond donors (Lipinski definition) is 0. The van der Waals surface area contributed by atoms with E-state index in [2.05, 4.69) is 5.10 Å². The molecule has 1 heterocycles. The molecule has 2 rings (SSSR count). The summed E-state index contributed by atoms with van der Waals surface area (Å²) in [5, 5.41) is 12.8. The van der Waals surface area contributed by atoms with E-state index < -0.39 is 5.97 Å². The molecule has 0 spiro atoms. The van der Waals surface area contributed by atoms with Gasteiger partial charge in [0.1, 0.15) is 11.6 Å². The lowest BCUT2D eigenvalue weighted by molar-refractivity contribution is 0.0553. The molecule has 0 aliphatic carbocycles. The van der Waals surface area contributed by atoms with Crippen LogP contribution in [-0.2, 0) is 4.74 Å². The van der Waals surface area contributed by atoms with Gasteiger partial charge >= 0.3 is 5.97 Å². The fourth-order valence-corrected chi connectivity index (χ4v) is 1.93. The van der Waals surface area contributed by atoms with Crippen molar-refractivity contribution in [1.29, 1.82) is 5.26 Å². The Morgan fingerprint density at radius 3 is 2.68 bits per heavy atom. The molecule has 0 saturated carbocycles. The van der Waals surface area contributed by atoms with Crippen LogP contribution in [0.15, 0.2) is 30.3 Å². The monoisotopic (exact) mass is 255 g/mol. The zero-order valence-electron chi connectivity index (χ0n) is 10.8. The molecule has 2 aromatic rings. The average Bonchev–Trinajstić information content (AvgIpc) is 2.72. The van der Waals surface area contributed by atoms with Crippen molar-refractivity contribution in [3.8, 4) is 11.8 Å². The Balaban J connectivity index is 2.41. The summed E-state index contributed by atoms with van der Waals surface area (Å²) in [6, 6.07) is 11.3. The predicted octanol–water partition coefficient (Wildman–Crippen LogP) is 2.17. The van der Waals surface area contributed by atoms with Gasteiger partial charge in [-0.25, -0.2) is 9.48 Å². The minimum atomic E-state index is -0.515. The highest BCUT2D eigenvalue weighted by Gasteiger charge is 2.20. The number of benzene rings is 1. The summed E-state index contributed by atoms with van der Waals surface area (Å²) >= 11 is 0. The van der Waals surface area contributed by atoms with Crippen molar-refractivity contribution in [2.24, 2.45) is 0 Å². The van der Waals surface area contributed by atoms with Gasteiger partial charge in [0.05, 0.1) is 17.1 Å². The topological polar surface area (TPSA) is 67.9 Å². The highest BCUT2D eigenvalue weighted by Crippen LogP contribution is 2.18. The molecular weight excluding hydrogens is 242 g/mol. The normalized spacial score (nSPS) is 9.95. The van der Waals surface area contributed by atoms with E-state index >= 15 is 0 Å². The Morgan fingerprint density at radius 2 is 2.05 bits per heavy atom. The molecule has 0 unspecified atom stereocenters. The first-order valence-corrected chi connectivity index (χ1v) is 5.81. The maximum atomic E-state index is 11.9. The molecular formula is C14H13N3O2. The number of esters is 1. The third-order valence-corrected chi connectivity index (χ3v) is 2.76. The second-order valence-corrected chi connectivity index (χ2v) is 4.03. The Bertz CT molecular complexity index is 639. The summed E-state index contributed by atoms with van der Waals surface area (Å²) in [5.74, 6) is -0.515.